The molecule has 2 rings (SSSR count). The van der Waals surface area contributed by atoms with Gasteiger partial charge in [-0.3, -0.25) is 0 Å². The molecule has 1 atom stereocenters. The summed E-state index contributed by atoms with van der Waals surface area (Å²) in [4.78, 5) is 14.0. The number of urea groups is 1. The third-order valence-corrected chi connectivity index (χ3v) is 4.09. The predicted molar refractivity (Wildman–Crippen MR) is 98.8 cm³/mol. The summed E-state index contributed by atoms with van der Waals surface area (Å²) in [6, 6.07) is 9.42. The monoisotopic (exact) mass is 345 g/mol. The van der Waals surface area contributed by atoms with Gasteiger partial charge in [0.15, 0.2) is 0 Å². The number of amides is 2. The van der Waals surface area contributed by atoms with Gasteiger partial charge in [-0.1, -0.05) is 12.1 Å². The number of nitrogens with one attached hydrogen (secondary N) is 2. The maximum atomic E-state index is 12.0. The lowest BCUT2D eigenvalue weighted by atomic mass is 9.96. The van der Waals surface area contributed by atoms with Crippen LogP contribution in [0.5, 0.6) is 0 Å². The van der Waals surface area contributed by atoms with Gasteiger partial charge >= 0.3 is 6.03 Å². The van der Waals surface area contributed by atoms with Crippen LogP contribution in [0, 0.1) is 13.8 Å². The first-order chi connectivity index (χ1) is 11.7. The molecule has 0 aliphatic heterocycles. The number of anilines is 1. The van der Waals surface area contributed by atoms with Crippen LogP contribution >= 0.6 is 0 Å². The van der Waals surface area contributed by atoms with Crippen LogP contribution in [-0.2, 0) is 12.1 Å². The Bertz CT molecular complexity index is 735. The molecule has 25 heavy (non-hydrogen) atoms. The lowest BCUT2D eigenvalue weighted by Crippen LogP contribution is -2.43. The molecule has 0 fully saturated rings. The van der Waals surface area contributed by atoms with Crippen molar-refractivity contribution in [1.29, 1.82) is 0 Å². The molecule has 0 saturated heterocycles. The number of furan rings is 1. The highest BCUT2D eigenvalue weighted by Gasteiger charge is 2.28. The molecule has 2 aromatic rings. The molecule has 0 saturated carbocycles. The number of hydrogen-bond donors (Lipinski definition) is 3. The molecule has 0 aliphatic rings. The first-order valence-corrected chi connectivity index (χ1v) is 8.27. The zero-order valence-corrected chi connectivity index (χ0v) is 15.5. The second kappa shape index (κ2) is 7.61. The number of carbonyl (C=O) groups is 1. The van der Waals surface area contributed by atoms with Crippen molar-refractivity contribution in [2.75, 3.05) is 25.5 Å². The van der Waals surface area contributed by atoms with Crippen molar-refractivity contribution in [3.63, 3.8) is 0 Å². The van der Waals surface area contributed by atoms with Gasteiger partial charge in [0, 0.05) is 31.9 Å². The van der Waals surface area contributed by atoms with Gasteiger partial charge in [0.1, 0.15) is 17.1 Å². The summed E-state index contributed by atoms with van der Waals surface area (Å²) < 4.78 is 5.45. The van der Waals surface area contributed by atoms with Crippen LogP contribution in [0.3, 0.4) is 0 Å². The Morgan fingerprint density at radius 3 is 2.56 bits per heavy atom. The molecule has 3 N–H and O–H groups in total. The number of carbonyl (C=O) groups excluding carboxylic acids is 1. The van der Waals surface area contributed by atoms with Crippen molar-refractivity contribution in [1.82, 2.24) is 10.6 Å². The van der Waals surface area contributed by atoms with Gasteiger partial charge in [0.05, 0.1) is 6.54 Å². The maximum absolute atomic E-state index is 12.0. The van der Waals surface area contributed by atoms with E-state index in [2.05, 4.69) is 10.6 Å². The third-order valence-electron chi connectivity index (χ3n) is 4.09. The van der Waals surface area contributed by atoms with Crippen LogP contribution in [0.4, 0.5) is 10.5 Å². The smallest absolute Gasteiger partial charge is 0.315 e. The van der Waals surface area contributed by atoms with Crippen LogP contribution < -0.4 is 15.5 Å². The van der Waals surface area contributed by atoms with Gasteiger partial charge in [-0.2, -0.15) is 0 Å². The molecule has 1 unspecified atom stereocenters. The molecule has 136 valence electrons. The number of aliphatic hydroxyl groups is 1. The minimum Gasteiger partial charge on any atom is -0.466 e. The Balaban J connectivity index is 1.88. The highest BCUT2D eigenvalue weighted by molar-refractivity contribution is 5.74. The van der Waals surface area contributed by atoms with Crippen molar-refractivity contribution < 1.29 is 14.3 Å². The summed E-state index contributed by atoms with van der Waals surface area (Å²) in [5.41, 5.74) is 1.58. The van der Waals surface area contributed by atoms with Crippen LogP contribution in [-0.4, -0.2) is 31.8 Å². The molecule has 2 amide bonds. The quantitative estimate of drug-likeness (QED) is 0.752. The van der Waals surface area contributed by atoms with E-state index < -0.39 is 5.60 Å². The molecular weight excluding hydrogens is 318 g/mol. The zero-order valence-electron chi connectivity index (χ0n) is 15.5. The predicted octanol–water partition coefficient (Wildman–Crippen LogP) is 2.67. The first-order valence-electron chi connectivity index (χ1n) is 8.27. The molecule has 1 aromatic heterocycles. The maximum Gasteiger partial charge on any atom is 0.315 e. The second-order valence-electron chi connectivity index (χ2n) is 6.70. The van der Waals surface area contributed by atoms with E-state index in [0.29, 0.717) is 17.9 Å². The van der Waals surface area contributed by atoms with E-state index in [9.17, 15) is 9.90 Å². The zero-order chi connectivity index (χ0) is 18.6. The van der Waals surface area contributed by atoms with Gasteiger partial charge < -0.3 is 25.1 Å². The lowest BCUT2D eigenvalue weighted by molar-refractivity contribution is 0.0579. The van der Waals surface area contributed by atoms with Crippen molar-refractivity contribution in [2.45, 2.75) is 32.9 Å². The van der Waals surface area contributed by atoms with Gasteiger partial charge in [0.25, 0.3) is 0 Å². The van der Waals surface area contributed by atoms with Crippen molar-refractivity contribution in [3.05, 3.63) is 53.0 Å². The molecular formula is C19H27N3O3. The number of aryl methyl sites for hydroxylation is 2. The molecule has 0 radical (unpaired) electrons. The molecule has 0 spiro atoms. The number of nitrogens with zero attached hydrogens (tertiary/aromatic N) is 1. The van der Waals surface area contributed by atoms with E-state index in [1.54, 1.807) is 19.9 Å². The summed E-state index contributed by atoms with van der Waals surface area (Å²) in [5.74, 6) is 1.39. The summed E-state index contributed by atoms with van der Waals surface area (Å²) in [6.07, 6.45) is 0. The second-order valence-corrected chi connectivity index (χ2v) is 6.70. The minimum absolute atomic E-state index is 0.0936. The topological polar surface area (TPSA) is 77.7 Å². The molecule has 1 heterocycles. The average molecular weight is 345 g/mol. The molecule has 0 bridgehead atoms. The number of rotatable bonds is 6. The molecule has 6 nitrogen and oxygen atoms in total. The Hall–Kier alpha value is -2.47. The van der Waals surface area contributed by atoms with E-state index in [1.807, 2.05) is 50.2 Å². The largest absolute Gasteiger partial charge is 0.466 e. The molecule has 0 aliphatic carbocycles. The highest BCUT2D eigenvalue weighted by Crippen LogP contribution is 2.26. The van der Waals surface area contributed by atoms with E-state index in [4.69, 9.17) is 4.42 Å². The van der Waals surface area contributed by atoms with E-state index in [0.717, 1.165) is 17.0 Å². The Morgan fingerprint density at radius 2 is 1.96 bits per heavy atom. The summed E-state index contributed by atoms with van der Waals surface area (Å²) in [7, 11) is 3.95. The highest BCUT2D eigenvalue weighted by atomic mass is 16.3. The Morgan fingerprint density at radius 1 is 1.24 bits per heavy atom. The van der Waals surface area contributed by atoms with Gasteiger partial charge in [-0.15, -0.1) is 0 Å². The SMILES string of the molecule is Cc1cc(C(C)(O)CNC(=O)NCc2cccc(N(C)C)c2)c(C)o1. The fourth-order valence-electron chi connectivity index (χ4n) is 2.70. The van der Waals surface area contributed by atoms with Gasteiger partial charge in [-0.25, -0.2) is 4.79 Å². The number of benzene rings is 1. The minimum atomic E-state index is -1.19. The average Bonchev–Trinajstić information content (AvgIpc) is 2.90. The van der Waals surface area contributed by atoms with Crippen molar-refractivity contribution in [2.24, 2.45) is 0 Å². The number of hydrogen-bond acceptors (Lipinski definition) is 4. The summed E-state index contributed by atoms with van der Waals surface area (Å²) in [5, 5.41) is 16.1. The van der Waals surface area contributed by atoms with E-state index in [1.165, 1.54) is 0 Å². The van der Waals surface area contributed by atoms with Crippen LogP contribution in [0.25, 0.3) is 0 Å². The van der Waals surface area contributed by atoms with Crippen LogP contribution in [0.15, 0.2) is 34.7 Å². The van der Waals surface area contributed by atoms with E-state index in [-0.39, 0.29) is 12.6 Å². The summed E-state index contributed by atoms with van der Waals surface area (Å²) >= 11 is 0. The summed E-state index contributed by atoms with van der Waals surface area (Å²) in [6.45, 7) is 5.80. The molecule has 6 heteroatoms. The Labute approximate surface area is 148 Å². The van der Waals surface area contributed by atoms with Crippen LogP contribution in [0.2, 0.25) is 0 Å². The fraction of sp³-hybridized carbons (Fsp3) is 0.421. The van der Waals surface area contributed by atoms with Gasteiger partial charge in [-0.05, 0) is 44.5 Å². The Kier molecular flexibility index (Phi) is 5.74. The van der Waals surface area contributed by atoms with Crippen LogP contribution in [0.1, 0.15) is 29.6 Å². The molecule has 1 aromatic carbocycles. The third kappa shape index (κ3) is 5.00. The first kappa shape index (κ1) is 18.9. The van der Waals surface area contributed by atoms with Crippen molar-refractivity contribution >= 4 is 11.7 Å². The normalized spacial score (nSPS) is 13.2. The lowest BCUT2D eigenvalue weighted by Gasteiger charge is -2.23. The fourth-order valence-corrected chi connectivity index (χ4v) is 2.70. The van der Waals surface area contributed by atoms with E-state index >= 15 is 0 Å². The standard InChI is InChI=1S/C19H27N3O3/c1-13-9-17(14(2)25-13)19(3,24)12-21-18(23)20-11-15-7-6-8-16(10-15)22(4)5/h6-10,24H,11-12H2,1-5H3,(H2,20,21,23). The van der Waals surface area contributed by atoms with Crippen molar-refractivity contribution in [3.8, 4) is 0 Å². The van der Waals surface area contributed by atoms with Gasteiger partial charge in [0.2, 0.25) is 0 Å².